The summed E-state index contributed by atoms with van der Waals surface area (Å²) in [6.07, 6.45) is 4.65. The van der Waals surface area contributed by atoms with Gasteiger partial charge in [-0.15, -0.1) is 0 Å². The second-order valence-electron chi connectivity index (χ2n) is 4.03. The van der Waals surface area contributed by atoms with Crippen LogP contribution in [0.2, 0.25) is 0 Å². The molecule has 88 valence electrons. The fourth-order valence-electron chi connectivity index (χ4n) is 1.69. The van der Waals surface area contributed by atoms with E-state index in [1.807, 2.05) is 12.1 Å². The molecule has 1 aromatic carbocycles. The van der Waals surface area contributed by atoms with Crippen LogP contribution in [-0.2, 0) is 0 Å². The van der Waals surface area contributed by atoms with Crippen molar-refractivity contribution in [3.05, 3.63) is 42.2 Å². The van der Waals surface area contributed by atoms with Crippen LogP contribution in [0.25, 0.3) is 11.3 Å². The lowest BCUT2D eigenvalue weighted by molar-refractivity contribution is 0.965. The summed E-state index contributed by atoms with van der Waals surface area (Å²) < 4.78 is 0. The molecule has 0 amide bonds. The van der Waals surface area contributed by atoms with Crippen LogP contribution in [-0.4, -0.2) is 16.5 Å². The Kier molecular flexibility index (Phi) is 3.70. The van der Waals surface area contributed by atoms with E-state index in [0.29, 0.717) is 0 Å². The number of rotatable bonds is 4. The zero-order chi connectivity index (χ0) is 12.1. The number of nitrogens with zero attached hydrogens (tertiary/aromatic N) is 2. The van der Waals surface area contributed by atoms with Crippen molar-refractivity contribution in [3.63, 3.8) is 0 Å². The fourth-order valence-corrected chi connectivity index (χ4v) is 1.69. The van der Waals surface area contributed by atoms with Gasteiger partial charge in [0.1, 0.15) is 5.82 Å². The monoisotopic (exact) mass is 227 g/mol. The molecule has 1 heterocycles. The zero-order valence-corrected chi connectivity index (χ0v) is 10.3. The number of benzene rings is 1. The van der Waals surface area contributed by atoms with Crippen molar-refractivity contribution in [2.75, 3.05) is 11.9 Å². The highest BCUT2D eigenvalue weighted by Gasteiger charge is 2.03. The third-order valence-corrected chi connectivity index (χ3v) is 2.61. The van der Waals surface area contributed by atoms with Crippen LogP contribution < -0.4 is 5.32 Å². The van der Waals surface area contributed by atoms with E-state index in [9.17, 15) is 0 Å². The summed E-state index contributed by atoms with van der Waals surface area (Å²) in [7, 11) is 0. The van der Waals surface area contributed by atoms with E-state index in [1.165, 1.54) is 5.56 Å². The van der Waals surface area contributed by atoms with Crippen molar-refractivity contribution in [1.82, 2.24) is 9.97 Å². The molecule has 0 radical (unpaired) electrons. The van der Waals surface area contributed by atoms with Crippen molar-refractivity contribution in [3.8, 4) is 11.3 Å². The maximum absolute atomic E-state index is 4.57. The van der Waals surface area contributed by atoms with E-state index in [-0.39, 0.29) is 0 Å². The summed E-state index contributed by atoms with van der Waals surface area (Å²) in [5.41, 5.74) is 3.28. The molecule has 1 aromatic heterocycles. The van der Waals surface area contributed by atoms with Crippen molar-refractivity contribution in [2.24, 2.45) is 0 Å². The molecule has 0 spiro atoms. The van der Waals surface area contributed by atoms with Gasteiger partial charge in [0.15, 0.2) is 0 Å². The van der Waals surface area contributed by atoms with Crippen molar-refractivity contribution in [2.45, 2.75) is 20.3 Å². The number of aromatic nitrogens is 2. The van der Waals surface area contributed by atoms with E-state index in [4.69, 9.17) is 0 Å². The molecule has 0 bridgehead atoms. The molecule has 0 unspecified atom stereocenters. The Bertz CT molecular complexity index is 494. The fraction of sp³-hybridized carbons (Fsp3) is 0.286. The SMILES string of the molecule is CCCNc1cncc(-c2ccccc2C)n1. The predicted octanol–water partition coefficient (Wildman–Crippen LogP) is 3.27. The van der Waals surface area contributed by atoms with Crippen molar-refractivity contribution >= 4 is 5.82 Å². The maximum atomic E-state index is 4.57. The van der Waals surface area contributed by atoms with Crippen LogP contribution in [0.3, 0.4) is 0 Å². The number of aryl methyl sites for hydroxylation is 1. The van der Waals surface area contributed by atoms with E-state index >= 15 is 0 Å². The normalized spacial score (nSPS) is 10.2. The Labute approximate surface area is 102 Å². The third-order valence-electron chi connectivity index (χ3n) is 2.61. The van der Waals surface area contributed by atoms with Gasteiger partial charge in [0, 0.05) is 12.1 Å². The van der Waals surface area contributed by atoms with Gasteiger partial charge in [-0.2, -0.15) is 0 Å². The summed E-state index contributed by atoms with van der Waals surface area (Å²) >= 11 is 0. The minimum atomic E-state index is 0.840. The molecule has 3 heteroatoms. The molecule has 0 aliphatic carbocycles. The highest BCUT2D eigenvalue weighted by molar-refractivity contribution is 5.63. The van der Waals surface area contributed by atoms with Gasteiger partial charge < -0.3 is 5.32 Å². The van der Waals surface area contributed by atoms with E-state index in [2.05, 4.69) is 41.3 Å². The highest BCUT2D eigenvalue weighted by Crippen LogP contribution is 2.21. The first kappa shape index (κ1) is 11.6. The van der Waals surface area contributed by atoms with Crippen LogP contribution in [0.15, 0.2) is 36.7 Å². The van der Waals surface area contributed by atoms with E-state index < -0.39 is 0 Å². The average Bonchev–Trinajstić information content (AvgIpc) is 2.37. The van der Waals surface area contributed by atoms with Crippen LogP contribution in [0, 0.1) is 6.92 Å². The average molecular weight is 227 g/mol. The lowest BCUT2D eigenvalue weighted by Gasteiger charge is -2.07. The molecular weight excluding hydrogens is 210 g/mol. The van der Waals surface area contributed by atoms with Crippen LogP contribution in [0.5, 0.6) is 0 Å². The molecule has 0 fully saturated rings. The minimum absolute atomic E-state index is 0.840. The largest absolute Gasteiger partial charge is 0.369 e. The molecule has 0 aliphatic heterocycles. The number of nitrogens with one attached hydrogen (secondary N) is 1. The Morgan fingerprint density at radius 2 is 2.00 bits per heavy atom. The summed E-state index contributed by atoms with van der Waals surface area (Å²) in [5, 5.41) is 3.25. The van der Waals surface area contributed by atoms with Gasteiger partial charge in [0.2, 0.25) is 0 Å². The molecule has 0 saturated carbocycles. The van der Waals surface area contributed by atoms with Crippen LogP contribution >= 0.6 is 0 Å². The zero-order valence-electron chi connectivity index (χ0n) is 10.3. The lowest BCUT2D eigenvalue weighted by Crippen LogP contribution is -2.03. The summed E-state index contributed by atoms with van der Waals surface area (Å²) in [6, 6.07) is 8.22. The Morgan fingerprint density at radius 3 is 2.76 bits per heavy atom. The van der Waals surface area contributed by atoms with Gasteiger partial charge in [-0.05, 0) is 18.9 Å². The van der Waals surface area contributed by atoms with Gasteiger partial charge in [-0.25, -0.2) is 4.98 Å². The Morgan fingerprint density at radius 1 is 1.18 bits per heavy atom. The first-order valence-corrected chi connectivity index (χ1v) is 5.93. The molecule has 0 atom stereocenters. The van der Waals surface area contributed by atoms with Crippen molar-refractivity contribution < 1.29 is 0 Å². The first-order valence-electron chi connectivity index (χ1n) is 5.93. The van der Waals surface area contributed by atoms with Gasteiger partial charge in [0.05, 0.1) is 18.1 Å². The quantitative estimate of drug-likeness (QED) is 0.871. The van der Waals surface area contributed by atoms with E-state index in [1.54, 1.807) is 12.4 Å². The lowest BCUT2D eigenvalue weighted by atomic mass is 10.1. The van der Waals surface area contributed by atoms with Crippen LogP contribution in [0.4, 0.5) is 5.82 Å². The van der Waals surface area contributed by atoms with E-state index in [0.717, 1.165) is 30.0 Å². The Balaban J connectivity index is 2.30. The highest BCUT2D eigenvalue weighted by atomic mass is 15.0. The Hall–Kier alpha value is -1.90. The second kappa shape index (κ2) is 5.43. The van der Waals surface area contributed by atoms with Gasteiger partial charge in [0.25, 0.3) is 0 Å². The van der Waals surface area contributed by atoms with Crippen molar-refractivity contribution in [1.29, 1.82) is 0 Å². The third kappa shape index (κ3) is 2.81. The van der Waals surface area contributed by atoms with Gasteiger partial charge in [-0.1, -0.05) is 31.2 Å². The molecule has 1 N–H and O–H groups in total. The maximum Gasteiger partial charge on any atom is 0.145 e. The standard InChI is InChI=1S/C14H17N3/c1-3-8-16-14-10-15-9-13(17-14)12-7-5-4-6-11(12)2/h4-7,9-10H,3,8H2,1-2H3,(H,16,17). The molecule has 17 heavy (non-hydrogen) atoms. The number of hydrogen-bond donors (Lipinski definition) is 1. The number of hydrogen-bond acceptors (Lipinski definition) is 3. The topological polar surface area (TPSA) is 37.8 Å². The predicted molar refractivity (Wildman–Crippen MR) is 71.0 cm³/mol. The first-order chi connectivity index (χ1) is 8.31. The number of anilines is 1. The summed E-state index contributed by atoms with van der Waals surface area (Å²) in [4.78, 5) is 8.80. The summed E-state index contributed by atoms with van der Waals surface area (Å²) in [6.45, 7) is 5.14. The van der Waals surface area contributed by atoms with Crippen LogP contribution in [0.1, 0.15) is 18.9 Å². The van der Waals surface area contributed by atoms with Gasteiger partial charge in [-0.3, -0.25) is 4.98 Å². The molecule has 0 aliphatic rings. The second-order valence-corrected chi connectivity index (χ2v) is 4.03. The van der Waals surface area contributed by atoms with Gasteiger partial charge >= 0.3 is 0 Å². The molecule has 2 rings (SSSR count). The molecule has 3 nitrogen and oxygen atoms in total. The smallest absolute Gasteiger partial charge is 0.145 e. The summed E-state index contributed by atoms with van der Waals surface area (Å²) in [5.74, 6) is 0.840. The molecule has 2 aromatic rings. The molecular formula is C14H17N3. The minimum Gasteiger partial charge on any atom is -0.369 e. The molecule has 0 saturated heterocycles.